The van der Waals surface area contributed by atoms with E-state index in [0.29, 0.717) is 0 Å². The minimum atomic E-state index is 0.969. The summed E-state index contributed by atoms with van der Waals surface area (Å²) in [6.07, 6.45) is 3.88. The van der Waals surface area contributed by atoms with Crippen molar-refractivity contribution in [3.8, 4) is 0 Å². The van der Waals surface area contributed by atoms with Crippen LogP contribution < -0.4 is 9.80 Å². The minimum absolute atomic E-state index is 0.969. The molecule has 294 valence electrons. The summed E-state index contributed by atoms with van der Waals surface area (Å²) in [6.45, 7) is 8.56. The molecule has 0 unspecified atom stereocenters. The number of benzene rings is 9. The van der Waals surface area contributed by atoms with Crippen LogP contribution in [0.1, 0.15) is 44.5 Å². The number of anilines is 6. The molecule has 0 heterocycles. The Morgan fingerprint density at radius 1 is 0.250 bits per heavy atom. The largest absolute Gasteiger partial charge is 0.311 e. The number of aryl methyl sites for hydroxylation is 8. The van der Waals surface area contributed by atoms with Gasteiger partial charge in [-0.1, -0.05) is 144 Å². The highest BCUT2D eigenvalue weighted by Gasteiger charge is 2.17. The van der Waals surface area contributed by atoms with E-state index >= 15 is 0 Å². The highest BCUT2D eigenvalue weighted by molar-refractivity contribution is 6.06. The third-order valence-electron chi connectivity index (χ3n) is 12.0. The number of hydrogen-bond acceptors (Lipinski definition) is 2. The van der Waals surface area contributed by atoms with Gasteiger partial charge in [-0.2, -0.15) is 0 Å². The first-order valence-corrected chi connectivity index (χ1v) is 21.3. The number of fused-ring (bicyclic) bond motifs is 2. The molecule has 0 aliphatic carbocycles. The van der Waals surface area contributed by atoms with Crippen molar-refractivity contribution in [1.82, 2.24) is 0 Å². The normalized spacial score (nSPS) is 11.3. The van der Waals surface area contributed by atoms with Crippen molar-refractivity contribution in [2.75, 3.05) is 9.80 Å². The fourth-order valence-electron chi connectivity index (χ4n) is 8.68. The fraction of sp³-hybridized carbons (Fsp3) is 0.138. The van der Waals surface area contributed by atoms with E-state index in [0.717, 1.165) is 59.8 Å². The van der Waals surface area contributed by atoms with Crippen molar-refractivity contribution in [2.45, 2.75) is 53.4 Å². The smallest absolute Gasteiger partial charge is 0.0461 e. The van der Waals surface area contributed by atoms with Crippen molar-refractivity contribution in [3.05, 3.63) is 239 Å². The molecular weight excluding hydrogens is 725 g/mol. The molecule has 0 atom stereocenters. The summed E-state index contributed by atoms with van der Waals surface area (Å²) in [5, 5.41) is 5.48. The Kier molecular flexibility index (Phi) is 11.0. The summed E-state index contributed by atoms with van der Waals surface area (Å²) in [6, 6.07) is 71.8. The summed E-state index contributed by atoms with van der Waals surface area (Å²) < 4.78 is 0. The van der Waals surface area contributed by atoms with Gasteiger partial charge in [-0.05, 0) is 170 Å². The Morgan fingerprint density at radius 3 is 0.700 bits per heavy atom. The maximum Gasteiger partial charge on any atom is 0.0461 e. The highest BCUT2D eigenvalue weighted by Crippen LogP contribution is 2.38. The lowest BCUT2D eigenvalue weighted by Gasteiger charge is -2.26. The van der Waals surface area contributed by atoms with Gasteiger partial charge in [-0.15, -0.1) is 0 Å². The summed E-state index contributed by atoms with van der Waals surface area (Å²) in [5.41, 5.74) is 17.6. The second-order valence-corrected chi connectivity index (χ2v) is 16.4. The van der Waals surface area contributed by atoms with E-state index in [-0.39, 0.29) is 0 Å². The average molecular weight is 777 g/mol. The van der Waals surface area contributed by atoms with Gasteiger partial charge >= 0.3 is 0 Å². The number of nitrogens with zero attached hydrogens (tertiary/aromatic N) is 2. The second-order valence-electron chi connectivity index (χ2n) is 16.4. The van der Waals surface area contributed by atoms with Crippen LogP contribution in [0.2, 0.25) is 0 Å². The maximum atomic E-state index is 2.35. The molecular formula is C58H52N2. The summed E-state index contributed by atoms with van der Waals surface area (Å²) in [7, 11) is 0. The molecule has 2 nitrogen and oxygen atoms in total. The Balaban J connectivity index is 0.969. The molecule has 0 aliphatic heterocycles. The van der Waals surface area contributed by atoms with Gasteiger partial charge in [-0.3, -0.25) is 0 Å². The molecule has 0 aliphatic rings. The van der Waals surface area contributed by atoms with E-state index in [2.05, 4.69) is 232 Å². The van der Waals surface area contributed by atoms with Gasteiger partial charge in [0.1, 0.15) is 0 Å². The summed E-state index contributed by atoms with van der Waals surface area (Å²) in [4.78, 5) is 4.70. The Hall–Kier alpha value is -6.90. The van der Waals surface area contributed by atoms with E-state index < -0.39 is 0 Å². The van der Waals surface area contributed by atoms with E-state index in [1.54, 1.807) is 0 Å². The van der Waals surface area contributed by atoms with Crippen LogP contribution in [0.15, 0.2) is 194 Å². The Labute approximate surface area is 356 Å². The zero-order valence-corrected chi connectivity index (χ0v) is 35.2. The fourth-order valence-corrected chi connectivity index (χ4v) is 8.68. The van der Waals surface area contributed by atoms with Crippen LogP contribution in [0.4, 0.5) is 34.1 Å². The van der Waals surface area contributed by atoms with Gasteiger partial charge in [0, 0.05) is 34.1 Å². The third-order valence-corrected chi connectivity index (χ3v) is 12.0. The van der Waals surface area contributed by atoms with Gasteiger partial charge in [-0.25, -0.2) is 0 Å². The lowest BCUT2D eigenvalue weighted by molar-refractivity contribution is 0.966. The van der Waals surface area contributed by atoms with Gasteiger partial charge in [0.25, 0.3) is 0 Å². The molecule has 0 spiro atoms. The van der Waals surface area contributed by atoms with Crippen LogP contribution in [0, 0.1) is 27.7 Å². The van der Waals surface area contributed by atoms with Crippen molar-refractivity contribution >= 4 is 55.7 Å². The SMILES string of the molecule is Cc1ccc(N(c2ccc(C)cc2)c2ccc(CCc3c4ccccc4c(CCc4ccc(N(c5ccc(C)cc5)c5ccc(C)cc5)cc4)c4ccccc34)cc2)cc1. The quantitative estimate of drug-likeness (QED) is 0.114. The lowest BCUT2D eigenvalue weighted by atomic mass is 9.87. The molecule has 0 bridgehead atoms. The minimum Gasteiger partial charge on any atom is -0.311 e. The first-order valence-electron chi connectivity index (χ1n) is 21.3. The number of hydrogen-bond donors (Lipinski definition) is 0. The molecule has 0 saturated heterocycles. The molecule has 9 aromatic carbocycles. The van der Waals surface area contributed by atoms with Crippen molar-refractivity contribution < 1.29 is 0 Å². The zero-order valence-electron chi connectivity index (χ0n) is 35.2. The van der Waals surface area contributed by atoms with Gasteiger partial charge in [0.05, 0.1) is 0 Å². The molecule has 0 aromatic heterocycles. The molecule has 0 fully saturated rings. The average Bonchev–Trinajstić information content (AvgIpc) is 3.28. The standard InChI is InChI=1S/C58H52N2/c1-41-13-27-47(28-14-41)59(48-29-15-42(2)16-30-48)51-35-21-45(22-36-51)25-39-57-53-9-5-7-11-55(53)58(56-12-8-6-10-54(56)57)40-26-46-23-37-52(38-24-46)60(49-31-17-43(3)18-32-49)50-33-19-44(4)20-34-50/h5-24,27-38H,25-26,39-40H2,1-4H3. The van der Waals surface area contributed by atoms with Crippen molar-refractivity contribution in [3.63, 3.8) is 0 Å². The second kappa shape index (κ2) is 17.1. The lowest BCUT2D eigenvalue weighted by Crippen LogP contribution is -2.10. The van der Waals surface area contributed by atoms with Crippen LogP contribution >= 0.6 is 0 Å². The molecule has 0 N–H and O–H groups in total. The summed E-state index contributed by atoms with van der Waals surface area (Å²) >= 11 is 0. The van der Waals surface area contributed by atoms with E-state index in [1.165, 1.54) is 66.1 Å². The maximum absolute atomic E-state index is 2.35. The number of rotatable bonds is 12. The van der Waals surface area contributed by atoms with Gasteiger partial charge < -0.3 is 9.80 Å². The summed E-state index contributed by atoms with van der Waals surface area (Å²) in [5.74, 6) is 0. The van der Waals surface area contributed by atoms with Crippen LogP contribution in [-0.2, 0) is 25.7 Å². The van der Waals surface area contributed by atoms with Gasteiger partial charge in [0.15, 0.2) is 0 Å². The third kappa shape index (κ3) is 8.20. The predicted molar refractivity (Wildman–Crippen MR) is 257 cm³/mol. The zero-order chi connectivity index (χ0) is 41.0. The molecule has 9 rings (SSSR count). The molecule has 2 heteroatoms. The van der Waals surface area contributed by atoms with Crippen LogP contribution in [0.3, 0.4) is 0 Å². The predicted octanol–water partition coefficient (Wildman–Crippen LogP) is 15.7. The van der Waals surface area contributed by atoms with Crippen LogP contribution in [0.25, 0.3) is 21.5 Å². The topological polar surface area (TPSA) is 6.48 Å². The van der Waals surface area contributed by atoms with Crippen molar-refractivity contribution in [1.29, 1.82) is 0 Å². The first-order chi connectivity index (χ1) is 29.4. The molecule has 0 amide bonds. The Bertz CT molecular complexity index is 2500. The first kappa shape index (κ1) is 38.6. The van der Waals surface area contributed by atoms with E-state index in [1.807, 2.05) is 0 Å². The molecule has 0 saturated carbocycles. The molecule has 0 radical (unpaired) electrons. The monoisotopic (exact) mass is 776 g/mol. The Morgan fingerprint density at radius 2 is 0.467 bits per heavy atom. The van der Waals surface area contributed by atoms with E-state index in [4.69, 9.17) is 0 Å². The van der Waals surface area contributed by atoms with Crippen LogP contribution in [0.5, 0.6) is 0 Å². The van der Waals surface area contributed by atoms with Gasteiger partial charge in [0.2, 0.25) is 0 Å². The molecule has 60 heavy (non-hydrogen) atoms. The molecule has 9 aromatic rings. The van der Waals surface area contributed by atoms with Crippen molar-refractivity contribution in [2.24, 2.45) is 0 Å². The highest BCUT2D eigenvalue weighted by atomic mass is 15.1. The van der Waals surface area contributed by atoms with E-state index in [9.17, 15) is 0 Å². The van der Waals surface area contributed by atoms with Crippen LogP contribution in [-0.4, -0.2) is 0 Å².